The summed E-state index contributed by atoms with van der Waals surface area (Å²) >= 11 is 6.15. The second-order valence-electron chi connectivity index (χ2n) is 5.63. The molecular weight excluding hydrogens is 256 g/mol. The average Bonchev–Trinajstić information content (AvgIpc) is 3.20. The number of halogens is 1. The first-order valence-electron chi connectivity index (χ1n) is 7.43. The number of rotatable bonds is 7. The minimum Gasteiger partial charge on any atom is -0.371 e. The Balaban J connectivity index is 2.20. The summed E-state index contributed by atoms with van der Waals surface area (Å²) in [5.41, 5.74) is 8.74. The van der Waals surface area contributed by atoms with E-state index < -0.39 is 0 Å². The fraction of sp³-hybridized carbons (Fsp3) is 0.625. The topological polar surface area (TPSA) is 29.3 Å². The lowest BCUT2D eigenvalue weighted by molar-refractivity contribution is 0.642. The van der Waals surface area contributed by atoms with Crippen LogP contribution in [0.2, 0.25) is 5.02 Å². The zero-order chi connectivity index (χ0) is 13.8. The van der Waals surface area contributed by atoms with E-state index in [1.165, 1.54) is 30.6 Å². The second kappa shape index (κ2) is 6.62. The molecule has 1 aromatic rings. The first kappa shape index (κ1) is 14.7. The van der Waals surface area contributed by atoms with E-state index in [-0.39, 0.29) is 6.04 Å². The first-order chi connectivity index (χ1) is 9.13. The Morgan fingerprint density at radius 1 is 1.37 bits per heavy atom. The van der Waals surface area contributed by atoms with Crippen molar-refractivity contribution in [3.63, 3.8) is 0 Å². The van der Waals surface area contributed by atoms with Gasteiger partial charge in [0.25, 0.3) is 0 Å². The summed E-state index contributed by atoms with van der Waals surface area (Å²) in [7, 11) is 0. The zero-order valence-electron chi connectivity index (χ0n) is 12.0. The van der Waals surface area contributed by atoms with Crippen molar-refractivity contribution in [3.05, 3.63) is 28.8 Å². The summed E-state index contributed by atoms with van der Waals surface area (Å²) in [6.07, 6.45) is 4.68. The van der Waals surface area contributed by atoms with E-state index in [1.807, 2.05) is 6.07 Å². The molecule has 3 heteroatoms. The van der Waals surface area contributed by atoms with E-state index in [0.717, 1.165) is 30.3 Å². The fourth-order valence-corrected chi connectivity index (χ4v) is 2.66. The van der Waals surface area contributed by atoms with Crippen LogP contribution >= 0.6 is 11.6 Å². The smallest absolute Gasteiger partial charge is 0.0410 e. The third kappa shape index (κ3) is 4.12. The van der Waals surface area contributed by atoms with Gasteiger partial charge < -0.3 is 10.6 Å². The minimum absolute atomic E-state index is 0.219. The molecule has 106 valence electrons. The van der Waals surface area contributed by atoms with Crippen molar-refractivity contribution in [1.82, 2.24) is 0 Å². The average molecular weight is 281 g/mol. The molecule has 1 fully saturated rings. The molecule has 0 radical (unpaired) electrons. The lowest BCUT2D eigenvalue weighted by Gasteiger charge is -2.27. The van der Waals surface area contributed by atoms with Crippen molar-refractivity contribution in [1.29, 1.82) is 0 Å². The predicted molar refractivity (Wildman–Crippen MR) is 84.0 cm³/mol. The van der Waals surface area contributed by atoms with E-state index in [9.17, 15) is 0 Å². The van der Waals surface area contributed by atoms with E-state index in [2.05, 4.69) is 30.9 Å². The van der Waals surface area contributed by atoms with Gasteiger partial charge in [-0.25, -0.2) is 0 Å². The van der Waals surface area contributed by atoms with E-state index >= 15 is 0 Å². The van der Waals surface area contributed by atoms with Crippen molar-refractivity contribution in [2.24, 2.45) is 11.7 Å². The van der Waals surface area contributed by atoms with Crippen LogP contribution in [0.5, 0.6) is 0 Å². The highest BCUT2D eigenvalue weighted by molar-refractivity contribution is 6.30. The molecule has 1 unspecified atom stereocenters. The van der Waals surface area contributed by atoms with Gasteiger partial charge in [-0.2, -0.15) is 0 Å². The maximum atomic E-state index is 6.15. The number of hydrogen-bond donors (Lipinski definition) is 1. The Hall–Kier alpha value is -0.730. The lowest BCUT2D eigenvalue weighted by Crippen LogP contribution is -2.28. The molecule has 19 heavy (non-hydrogen) atoms. The van der Waals surface area contributed by atoms with Crippen LogP contribution in [0, 0.1) is 5.92 Å². The largest absolute Gasteiger partial charge is 0.371 e. The van der Waals surface area contributed by atoms with Gasteiger partial charge in [-0.05, 0) is 62.3 Å². The third-order valence-electron chi connectivity index (χ3n) is 3.95. The third-order valence-corrected chi connectivity index (χ3v) is 4.18. The number of benzene rings is 1. The first-order valence-corrected chi connectivity index (χ1v) is 7.80. The second-order valence-corrected chi connectivity index (χ2v) is 6.06. The molecule has 0 bridgehead atoms. The Kier molecular flexibility index (Phi) is 5.12. The number of anilines is 1. The SMILES string of the molecule is CCC(N)Cc1cc(Cl)ccc1N(CC)CC1CC1. The standard InChI is InChI=1S/C16H25ClN2/c1-3-15(18)10-13-9-14(17)7-8-16(13)19(4-2)11-12-5-6-12/h7-9,12,15H,3-6,10-11,18H2,1-2H3. The molecule has 2 nitrogen and oxygen atoms in total. The minimum atomic E-state index is 0.219. The number of hydrogen-bond acceptors (Lipinski definition) is 2. The quantitative estimate of drug-likeness (QED) is 0.822. The van der Waals surface area contributed by atoms with Gasteiger partial charge in [0.2, 0.25) is 0 Å². The maximum absolute atomic E-state index is 6.15. The van der Waals surface area contributed by atoms with Crippen LogP contribution in [0.25, 0.3) is 0 Å². The van der Waals surface area contributed by atoms with Gasteiger partial charge in [-0.3, -0.25) is 0 Å². The molecule has 0 heterocycles. The van der Waals surface area contributed by atoms with E-state index in [0.29, 0.717) is 0 Å². The summed E-state index contributed by atoms with van der Waals surface area (Å²) < 4.78 is 0. The zero-order valence-corrected chi connectivity index (χ0v) is 12.8. The molecule has 0 saturated heterocycles. The van der Waals surface area contributed by atoms with Gasteiger partial charge in [0, 0.05) is 29.8 Å². The molecule has 2 N–H and O–H groups in total. The Morgan fingerprint density at radius 3 is 2.68 bits per heavy atom. The van der Waals surface area contributed by atoms with Gasteiger partial charge in [0.05, 0.1) is 0 Å². The molecule has 1 aromatic carbocycles. The van der Waals surface area contributed by atoms with Crippen LogP contribution in [0.3, 0.4) is 0 Å². The monoisotopic (exact) mass is 280 g/mol. The van der Waals surface area contributed by atoms with E-state index in [4.69, 9.17) is 17.3 Å². The van der Waals surface area contributed by atoms with Crippen molar-refractivity contribution in [3.8, 4) is 0 Å². The fourth-order valence-electron chi connectivity index (χ4n) is 2.46. The molecule has 1 saturated carbocycles. The summed E-state index contributed by atoms with van der Waals surface area (Å²) in [6.45, 7) is 6.58. The van der Waals surface area contributed by atoms with Crippen molar-refractivity contribution in [2.45, 2.75) is 45.6 Å². The number of nitrogens with zero attached hydrogens (tertiary/aromatic N) is 1. The molecule has 0 aromatic heterocycles. The summed E-state index contributed by atoms with van der Waals surface area (Å²) in [5, 5.41) is 0.810. The van der Waals surface area contributed by atoms with Gasteiger partial charge >= 0.3 is 0 Å². The lowest BCUT2D eigenvalue weighted by atomic mass is 10.0. The Morgan fingerprint density at radius 2 is 2.11 bits per heavy atom. The summed E-state index contributed by atoms with van der Waals surface area (Å²) in [5.74, 6) is 0.892. The molecule has 0 amide bonds. The normalized spacial score (nSPS) is 16.4. The number of nitrogens with two attached hydrogens (primary N) is 1. The summed E-state index contributed by atoms with van der Waals surface area (Å²) in [4.78, 5) is 2.48. The van der Waals surface area contributed by atoms with Crippen LogP contribution in [0.15, 0.2) is 18.2 Å². The van der Waals surface area contributed by atoms with Gasteiger partial charge in [-0.1, -0.05) is 18.5 Å². The van der Waals surface area contributed by atoms with Crippen LogP contribution in [0.4, 0.5) is 5.69 Å². The Labute approximate surface area is 121 Å². The Bertz CT molecular complexity index is 415. The summed E-state index contributed by atoms with van der Waals surface area (Å²) in [6, 6.07) is 6.46. The highest BCUT2D eigenvalue weighted by Crippen LogP contribution is 2.33. The van der Waals surface area contributed by atoms with Crippen molar-refractivity contribution in [2.75, 3.05) is 18.0 Å². The molecule has 1 aliphatic rings. The van der Waals surface area contributed by atoms with Gasteiger partial charge in [0.15, 0.2) is 0 Å². The van der Waals surface area contributed by atoms with Crippen LogP contribution in [0.1, 0.15) is 38.7 Å². The van der Waals surface area contributed by atoms with Gasteiger partial charge in [0.1, 0.15) is 0 Å². The van der Waals surface area contributed by atoms with Crippen molar-refractivity contribution < 1.29 is 0 Å². The van der Waals surface area contributed by atoms with Crippen LogP contribution in [-0.2, 0) is 6.42 Å². The molecule has 0 spiro atoms. The molecule has 0 aliphatic heterocycles. The van der Waals surface area contributed by atoms with Crippen molar-refractivity contribution >= 4 is 17.3 Å². The molecule has 1 atom stereocenters. The maximum Gasteiger partial charge on any atom is 0.0410 e. The highest BCUT2D eigenvalue weighted by atomic mass is 35.5. The predicted octanol–water partition coefficient (Wildman–Crippen LogP) is 3.86. The highest BCUT2D eigenvalue weighted by Gasteiger charge is 2.25. The molecule has 2 rings (SSSR count). The van der Waals surface area contributed by atoms with E-state index in [1.54, 1.807) is 0 Å². The van der Waals surface area contributed by atoms with Crippen LogP contribution < -0.4 is 10.6 Å². The van der Waals surface area contributed by atoms with Gasteiger partial charge in [-0.15, -0.1) is 0 Å². The van der Waals surface area contributed by atoms with Crippen LogP contribution in [-0.4, -0.2) is 19.1 Å². The molecule has 1 aliphatic carbocycles. The molecular formula is C16H25ClN2.